The maximum Gasteiger partial charge on any atom is 0.134 e. The fourth-order valence-electron chi connectivity index (χ4n) is 3.14. The maximum absolute atomic E-state index is 6.31. The van der Waals surface area contributed by atoms with Crippen molar-refractivity contribution in [1.29, 1.82) is 0 Å². The van der Waals surface area contributed by atoms with Gasteiger partial charge in [0.15, 0.2) is 0 Å². The predicted molar refractivity (Wildman–Crippen MR) is 105 cm³/mol. The highest BCUT2D eigenvalue weighted by atomic mass is 35.5. The van der Waals surface area contributed by atoms with Crippen LogP contribution >= 0.6 is 23.2 Å². The highest BCUT2D eigenvalue weighted by Crippen LogP contribution is 2.28. The number of rotatable bonds is 5. The molecule has 5 nitrogen and oxygen atoms in total. The van der Waals surface area contributed by atoms with Gasteiger partial charge in [-0.15, -0.1) is 0 Å². The van der Waals surface area contributed by atoms with Crippen LogP contribution in [0.3, 0.4) is 0 Å². The number of anilines is 2. The first-order chi connectivity index (χ1) is 12.0. The fourth-order valence-corrected chi connectivity index (χ4v) is 3.66. The first kappa shape index (κ1) is 18.2. The quantitative estimate of drug-likeness (QED) is 0.793. The van der Waals surface area contributed by atoms with Crippen LogP contribution in [-0.4, -0.2) is 55.1 Å². The van der Waals surface area contributed by atoms with E-state index >= 15 is 0 Å². The van der Waals surface area contributed by atoms with E-state index in [1.807, 2.05) is 43.3 Å². The van der Waals surface area contributed by atoms with Crippen LogP contribution in [0.15, 0.2) is 30.6 Å². The van der Waals surface area contributed by atoms with E-state index in [1.54, 1.807) is 6.33 Å². The van der Waals surface area contributed by atoms with E-state index in [-0.39, 0.29) is 0 Å². The summed E-state index contributed by atoms with van der Waals surface area (Å²) in [6.45, 7) is 2.75. The number of hydrogen-bond donors (Lipinski definition) is 0. The van der Waals surface area contributed by atoms with Gasteiger partial charge in [-0.05, 0) is 18.6 Å². The lowest BCUT2D eigenvalue weighted by Gasteiger charge is -2.26. The third-order valence-electron chi connectivity index (χ3n) is 4.70. The Kier molecular flexibility index (Phi) is 5.67. The maximum atomic E-state index is 6.31. The Bertz CT molecular complexity index is 717. The summed E-state index contributed by atoms with van der Waals surface area (Å²) in [6.07, 6.45) is 2.71. The van der Waals surface area contributed by atoms with E-state index in [4.69, 9.17) is 23.2 Å². The van der Waals surface area contributed by atoms with Crippen LogP contribution in [-0.2, 0) is 6.54 Å². The number of aromatic nitrogens is 2. The van der Waals surface area contributed by atoms with Gasteiger partial charge in [-0.1, -0.05) is 29.3 Å². The minimum Gasteiger partial charge on any atom is -0.363 e. The molecule has 0 N–H and O–H groups in total. The molecule has 1 aromatic carbocycles. The minimum atomic E-state index is 0.408. The van der Waals surface area contributed by atoms with Crippen molar-refractivity contribution in [2.24, 2.45) is 0 Å². The van der Waals surface area contributed by atoms with Gasteiger partial charge in [-0.25, -0.2) is 9.97 Å². The zero-order valence-electron chi connectivity index (χ0n) is 14.8. The lowest BCUT2D eigenvalue weighted by atomic mass is 10.2. The molecule has 1 atom stereocenters. The van der Waals surface area contributed by atoms with E-state index in [0.29, 0.717) is 6.04 Å². The Morgan fingerprint density at radius 2 is 1.80 bits per heavy atom. The molecule has 25 heavy (non-hydrogen) atoms. The molecule has 0 saturated carbocycles. The molecule has 1 aliphatic heterocycles. The molecule has 1 aromatic heterocycles. The second-order valence-corrected chi connectivity index (χ2v) is 7.43. The van der Waals surface area contributed by atoms with Crippen LogP contribution in [0.2, 0.25) is 10.0 Å². The molecular formula is C18H23Cl2N5. The summed E-state index contributed by atoms with van der Waals surface area (Å²) < 4.78 is 0. The van der Waals surface area contributed by atoms with Gasteiger partial charge in [-0.3, -0.25) is 4.90 Å². The molecular weight excluding hydrogens is 357 g/mol. The summed E-state index contributed by atoms with van der Waals surface area (Å²) in [5.74, 6) is 1.86. The van der Waals surface area contributed by atoms with Crippen molar-refractivity contribution in [2.75, 3.05) is 44.0 Å². The van der Waals surface area contributed by atoms with Crippen molar-refractivity contribution >= 4 is 34.8 Å². The molecule has 0 aliphatic carbocycles. The average molecular weight is 380 g/mol. The Hall–Kier alpha value is -1.56. The van der Waals surface area contributed by atoms with Crippen LogP contribution in [0.25, 0.3) is 0 Å². The second kappa shape index (κ2) is 7.77. The predicted octanol–water partition coefficient (Wildman–Crippen LogP) is 3.56. The molecule has 2 heterocycles. The topological polar surface area (TPSA) is 35.5 Å². The zero-order chi connectivity index (χ0) is 18.0. The van der Waals surface area contributed by atoms with Crippen molar-refractivity contribution < 1.29 is 0 Å². The Balaban J connectivity index is 1.67. The van der Waals surface area contributed by atoms with Gasteiger partial charge in [0.1, 0.15) is 18.0 Å². The van der Waals surface area contributed by atoms with Gasteiger partial charge >= 0.3 is 0 Å². The summed E-state index contributed by atoms with van der Waals surface area (Å²) >= 11 is 12.6. The molecule has 0 amide bonds. The largest absolute Gasteiger partial charge is 0.363 e. The van der Waals surface area contributed by atoms with E-state index in [9.17, 15) is 0 Å². The van der Waals surface area contributed by atoms with Crippen molar-refractivity contribution in [3.05, 3.63) is 46.2 Å². The average Bonchev–Trinajstić information content (AvgIpc) is 3.06. The number of halogens is 2. The molecule has 7 heteroatoms. The number of likely N-dealkylation sites (tertiary alicyclic amines) is 1. The van der Waals surface area contributed by atoms with E-state index in [0.717, 1.165) is 53.3 Å². The molecule has 0 bridgehead atoms. The molecule has 3 rings (SSSR count). The number of likely N-dealkylation sites (N-methyl/N-ethyl adjacent to an activating group) is 1. The molecule has 1 fully saturated rings. The Morgan fingerprint density at radius 3 is 2.48 bits per heavy atom. The summed E-state index contributed by atoms with van der Waals surface area (Å²) in [5, 5.41) is 1.46. The third-order valence-corrected chi connectivity index (χ3v) is 5.40. The first-order valence-electron chi connectivity index (χ1n) is 8.33. The summed E-state index contributed by atoms with van der Waals surface area (Å²) in [5.41, 5.74) is 1.01. The van der Waals surface area contributed by atoms with Crippen LogP contribution in [0, 0.1) is 0 Å². The highest BCUT2D eigenvalue weighted by molar-refractivity contribution is 6.35. The van der Waals surface area contributed by atoms with E-state index in [1.165, 1.54) is 0 Å². The lowest BCUT2D eigenvalue weighted by molar-refractivity contribution is 0.326. The first-order valence-corrected chi connectivity index (χ1v) is 9.08. The lowest BCUT2D eigenvalue weighted by Crippen LogP contribution is -2.35. The second-order valence-electron chi connectivity index (χ2n) is 6.62. The van der Waals surface area contributed by atoms with Gasteiger partial charge < -0.3 is 9.80 Å². The molecule has 1 saturated heterocycles. The van der Waals surface area contributed by atoms with Crippen molar-refractivity contribution in [3.63, 3.8) is 0 Å². The van der Waals surface area contributed by atoms with Crippen LogP contribution in [0.1, 0.15) is 12.0 Å². The zero-order valence-corrected chi connectivity index (χ0v) is 16.3. The molecule has 0 radical (unpaired) electrons. The monoisotopic (exact) mass is 379 g/mol. The third kappa shape index (κ3) is 4.17. The number of nitrogens with zero attached hydrogens (tertiary/aromatic N) is 5. The van der Waals surface area contributed by atoms with Gasteiger partial charge in [0.25, 0.3) is 0 Å². The number of benzene rings is 1. The smallest absolute Gasteiger partial charge is 0.134 e. The Morgan fingerprint density at radius 1 is 1.12 bits per heavy atom. The van der Waals surface area contributed by atoms with Crippen molar-refractivity contribution in [3.8, 4) is 0 Å². The van der Waals surface area contributed by atoms with E-state index in [2.05, 4.69) is 26.8 Å². The molecule has 1 unspecified atom stereocenters. The van der Waals surface area contributed by atoms with Gasteiger partial charge in [0.05, 0.1) is 0 Å². The molecule has 2 aromatic rings. The molecule has 0 spiro atoms. The fraction of sp³-hybridized carbons (Fsp3) is 0.444. The summed E-state index contributed by atoms with van der Waals surface area (Å²) in [6, 6.07) is 8.10. The highest BCUT2D eigenvalue weighted by Gasteiger charge is 2.27. The van der Waals surface area contributed by atoms with Crippen LogP contribution in [0.5, 0.6) is 0 Å². The SMILES string of the molecule is CN(C)c1cc(N(C)C2CCN(Cc3c(Cl)cccc3Cl)C2)ncn1. The van der Waals surface area contributed by atoms with Gasteiger partial charge in [-0.2, -0.15) is 0 Å². The molecule has 1 aliphatic rings. The van der Waals surface area contributed by atoms with E-state index < -0.39 is 0 Å². The van der Waals surface area contributed by atoms with Gasteiger partial charge in [0, 0.05) is 68.5 Å². The summed E-state index contributed by atoms with van der Waals surface area (Å²) in [7, 11) is 6.06. The van der Waals surface area contributed by atoms with Crippen LogP contribution < -0.4 is 9.80 Å². The van der Waals surface area contributed by atoms with Crippen LogP contribution in [0.4, 0.5) is 11.6 Å². The van der Waals surface area contributed by atoms with Crippen molar-refractivity contribution in [2.45, 2.75) is 19.0 Å². The number of hydrogen-bond acceptors (Lipinski definition) is 5. The molecule has 134 valence electrons. The van der Waals surface area contributed by atoms with Crippen molar-refractivity contribution in [1.82, 2.24) is 14.9 Å². The Labute approximate surface area is 159 Å². The minimum absolute atomic E-state index is 0.408. The summed E-state index contributed by atoms with van der Waals surface area (Å²) in [4.78, 5) is 15.3. The standard InChI is InChI=1S/C18H23Cl2N5/c1-23(2)17-9-18(22-12-21-17)24(3)13-7-8-25(10-13)11-14-15(19)5-4-6-16(14)20/h4-6,9,12-13H,7-8,10-11H2,1-3H3. The normalized spacial score (nSPS) is 17.7. The van der Waals surface area contributed by atoms with Gasteiger partial charge in [0.2, 0.25) is 0 Å².